The van der Waals surface area contributed by atoms with E-state index in [4.69, 9.17) is 0 Å². The predicted octanol–water partition coefficient (Wildman–Crippen LogP) is -1.32. The molecular weight excluding hydrogens is 288 g/mol. The largest absolute Gasteiger partial charge is 0.392 e. The van der Waals surface area contributed by atoms with Gasteiger partial charge in [-0.15, -0.1) is 0 Å². The lowest BCUT2D eigenvalue weighted by molar-refractivity contribution is -0.114. The molecule has 0 rings (SSSR count). The van der Waals surface area contributed by atoms with Crippen molar-refractivity contribution in [2.45, 2.75) is 58.2 Å². The Kier molecular flexibility index (Phi) is 10.8. The van der Waals surface area contributed by atoms with Gasteiger partial charge in [0.15, 0.2) is 0 Å². The first-order valence-corrected chi connectivity index (χ1v) is 7.79. The molecule has 0 aromatic carbocycles. The van der Waals surface area contributed by atoms with E-state index in [2.05, 4.69) is 0 Å². The minimum absolute atomic E-state index is 0.269. The molecule has 132 valence electrons. The first-order valence-electron chi connectivity index (χ1n) is 7.79. The van der Waals surface area contributed by atoms with Crippen molar-refractivity contribution in [3.8, 4) is 0 Å². The van der Waals surface area contributed by atoms with Crippen molar-refractivity contribution < 1.29 is 25.2 Å². The molecule has 5 unspecified atom stereocenters. The third-order valence-corrected chi connectivity index (χ3v) is 3.11. The van der Waals surface area contributed by atoms with Crippen LogP contribution in [0.3, 0.4) is 0 Å². The van der Waals surface area contributed by atoms with E-state index in [0.29, 0.717) is 19.6 Å². The lowest BCUT2D eigenvalue weighted by Crippen LogP contribution is -2.51. The number of hydrogen-bond acceptors (Lipinski definition) is 7. The van der Waals surface area contributed by atoms with Crippen LogP contribution in [0.4, 0.5) is 0 Å². The molecule has 7 nitrogen and oxygen atoms in total. The minimum Gasteiger partial charge on any atom is -0.392 e. The molecule has 0 amide bonds. The third-order valence-electron chi connectivity index (χ3n) is 3.11. The molecule has 0 heterocycles. The third kappa shape index (κ3) is 10.2. The molecule has 0 spiro atoms. The van der Waals surface area contributed by atoms with Crippen LogP contribution >= 0.6 is 0 Å². The zero-order valence-electron chi connectivity index (χ0n) is 14.1. The summed E-state index contributed by atoms with van der Waals surface area (Å²) in [4.78, 5) is 15.0. The van der Waals surface area contributed by atoms with E-state index in [0.717, 1.165) is 6.29 Å². The summed E-state index contributed by atoms with van der Waals surface area (Å²) in [5.41, 5.74) is 0. The smallest absolute Gasteiger partial charge is 0.138 e. The molecule has 0 radical (unpaired) electrons. The van der Waals surface area contributed by atoms with E-state index < -0.39 is 30.5 Å². The van der Waals surface area contributed by atoms with Gasteiger partial charge in [-0.1, -0.05) is 0 Å². The van der Waals surface area contributed by atoms with E-state index in [1.165, 1.54) is 0 Å². The second-order valence-electron chi connectivity index (χ2n) is 6.27. The summed E-state index contributed by atoms with van der Waals surface area (Å²) < 4.78 is 0. The van der Waals surface area contributed by atoms with Gasteiger partial charge in [0.1, 0.15) is 6.29 Å². The Balaban J connectivity index is 4.92. The standard InChI is InChI=1S/C15H32N2O5/c1-11(19)5-16(6-12(2)20)9-15(10-18)17(7-13(3)21)8-14(4)22/h10-15,19-22H,5-9H2,1-4H3. The van der Waals surface area contributed by atoms with Crippen molar-refractivity contribution in [3.63, 3.8) is 0 Å². The molecule has 0 aromatic rings. The average Bonchev–Trinajstić information content (AvgIpc) is 2.32. The lowest BCUT2D eigenvalue weighted by atomic mass is 10.2. The second kappa shape index (κ2) is 11.0. The molecule has 0 aliphatic heterocycles. The van der Waals surface area contributed by atoms with Crippen LogP contribution in [0.2, 0.25) is 0 Å². The molecule has 7 heteroatoms. The maximum Gasteiger partial charge on any atom is 0.138 e. The van der Waals surface area contributed by atoms with Crippen LogP contribution in [0.15, 0.2) is 0 Å². The molecule has 0 aromatic heterocycles. The summed E-state index contributed by atoms with van der Waals surface area (Å²) in [6.07, 6.45) is -1.62. The van der Waals surface area contributed by atoms with Gasteiger partial charge in [-0.2, -0.15) is 0 Å². The Morgan fingerprint density at radius 1 is 0.727 bits per heavy atom. The first kappa shape index (κ1) is 21.4. The minimum atomic E-state index is -0.622. The van der Waals surface area contributed by atoms with Crippen molar-refractivity contribution in [2.75, 3.05) is 32.7 Å². The van der Waals surface area contributed by atoms with Gasteiger partial charge < -0.3 is 25.2 Å². The molecule has 4 N–H and O–H groups in total. The Labute approximate surface area is 133 Å². The summed E-state index contributed by atoms with van der Waals surface area (Å²) in [7, 11) is 0. The van der Waals surface area contributed by atoms with Crippen LogP contribution < -0.4 is 0 Å². The highest BCUT2D eigenvalue weighted by Gasteiger charge is 2.24. The molecule has 0 fully saturated rings. The van der Waals surface area contributed by atoms with E-state index in [1.54, 1.807) is 32.6 Å². The van der Waals surface area contributed by atoms with Crippen LogP contribution in [0.25, 0.3) is 0 Å². The topological polar surface area (TPSA) is 104 Å². The van der Waals surface area contributed by atoms with E-state index in [9.17, 15) is 25.2 Å². The Morgan fingerprint density at radius 3 is 1.36 bits per heavy atom. The molecular formula is C15H32N2O5. The Morgan fingerprint density at radius 2 is 1.09 bits per heavy atom. The average molecular weight is 320 g/mol. The number of aliphatic hydroxyl groups excluding tert-OH is 4. The Bertz CT molecular complexity index is 278. The second-order valence-corrected chi connectivity index (χ2v) is 6.27. The van der Waals surface area contributed by atoms with Crippen LogP contribution in [0, 0.1) is 0 Å². The van der Waals surface area contributed by atoms with Crippen LogP contribution in [0.1, 0.15) is 27.7 Å². The molecule has 0 bridgehead atoms. The zero-order valence-corrected chi connectivity index (χ0v) is 14.1. The molecule has 0 saturated carbocycles. The summed E-state index contributed by atoms with van der Waals surface area (Å²) in [5, 5.41) is 38.2. The van der Waals surface area contributed by atoms with Gasteiger partial charge in [-0.25, -0.2) is 0 Å². The highest BCUT2D eigenvalue weighted by molar-refractivity contribution is 5.58. The fraction of sp³-hybridized carbons (Fsp3) is 0.933. The van der Waals surface area contributed by atoms with Gasteiger partial charge >= 0.3 is 0 Å². The number of aliphatic hydroxyl groups is 4. The quantitative estimate of drug-likeness (QED) is 0.331. The molecule has 5 atom stereocenters. The number of aldehydes is 1. The van der Waals surface area contributed by atoms with Gasteiger partial charge in [-0.3, -0.25) is 9.80 Å². The van der Waals surface area contributed by atoms with Gasteiger partial charge in [0, 0.05) is 32.7 Å². The molecule has 0 saturated heterocycles. The van der Waals surface area contributed by atoms with Crippen molar-refractivity contribution in [1.29, 1.82) is 0 Å². The zero-order chi connectivity index (χ0) is 17.3. The molecule has 22 heavy (non-hydrogen) atoms. The van der Waals surface area contributed by atoms with Gasteiger partial charge in [0.2, 0.25) is 0 Å². The Hall–Kier alpha value is -0.570. The van der Waals surface area contributed by atoms with E-state index in [-0.39, 0.29) is 13.1 Å². The van der Waals surface area contributed by atoms with Crippen molar-refractivity contribution in [2.24, 2.45) is 0 Å². The van der Waals surface area contributed by atoms with E-state index in [1.807, 2.05) is 4.90 Å². The fourth-order valence-electron chi connectivity index (χ4n) is 2.50. The van der Waals surface area contributed by atoms with Crippen LogP contribution in [0.5, 0.6) is 0 Å². The SMILES string of the molecule is CC(O)CN(CC(C)O)CC(C=O)N(CC(C)O)CC(C)O. The maximum atomic E-state index is 11.5. The lowest BCUT2D eigenvalue weighted by Gasteiger charge is -2.34. The number of carbonyl (C=O) groups is 1. The van der Waals surface area contributed by atoms with Crippen molar-refractivity contribution in [1.82, 2.24) is 9.80 Å². The van der Waals surface area contributed by atoms with Gasteiger partial charge in [0.25, 0.3) is 0 Å². The van der Waals surface area contributed by atoms with Crippen LogP contribution in [-0.4, -0.2) is 99.7 Å². The number of nitrogens with zero attached hydrogens (tertiary/aromatic N) is 2. The van der Waals surface area contributed by atoms with Gasteiger partial charge in [-0.05, 0) is 27.7 Å². The van der Waals surface area contributed by atoms with Gasteiger partial charge in [0.05, 0.1) is 30.5 Å². The fourth-order valence-corrected chi connectivity index (χ4v) is 2.50. The molecule has 0 aliphatic carbocycles. The summed E-state index contributed by atoms with van der Waals surface area (Å²) in [5.74, 6) is 0. The predicted molar refractivity (Wildman–Crippen MR) is 84.6 cm³/mol. The number of hydrogen-bond donors (Lipinski definition) is 4. The summed E-state index contributed by atoms with van der Waals surface area (Å²) >= 11 is 0. The number of carbonyl (C=O) groups excluding carboxylic acids is 1. The number of rotatable bonds is 12. The van der Waals surface area contributed by atoms with Crippen molar-refractivity contribution in [3.05, 3.63) is 0 Å². The first-order chi connectivity index (χ1) is 10.1. The molecule has 0 aliphatic rings. The maximum absolute atomic E-state index is 11.5. The highest BCUT2D eigenvalue weighted by atomic mass is 16.3. The summed E-state index contributed by atoms with van der Waals surface area (Å²) in [6, 6.07) is -0.526. The van der Waals surface area contributed by atoms with Crippen molar-refractivity contribution >= 4 is 6.29 Å². The van der Waals surface area contributed by atoms with Crippen LogP contribution in [-0.2, 0) is 4.79 Å². The highest BCUT2D eigenvalue weighted by Crippen LogP contribution is 2.06. The normalized spacial score (nSPS) is 19.0. The monoisotopic (exact) mass is 320 g/mol. The van der Waals surface area contributed by atoms with E-state index >= 15 is 0 Å². The summed E-state index contributed by atoms with van der Waals surface area (Å²) in [6.45, 7) is 8.08.